The van der Waals surface area contributed by atoms with Gasteiger partial charge in [0.2, 0.25) is 0 Å². The third-order valence-electron chi connectivity index (χ3n) is 3.10. The second-order valence-corrected chi connectivity index (χ2v) is 4.69. The number of benzene rings is 2. The monoisotopic (exact) mass is 355 g/mol. The fourth-order valence-corrected chi connectivity index (χ4v) is 1.96. The number of non-ortho nitro benzene ring substituents is 2. The number of halogens is 3. The first-order valence-corrected chi connectivity index (χ1v) is 6.51. The Hall–Kier alpha value is -3.50. The number of carbonyl (C=O) groups is 1. The van der Waals surface area contributed by atoms with Crippen LogP contribution in [0.1, 0.15) is 10.4 Å². The summed E-state index contributed by atoms with van der Waals surface area (Å²) < 4.78 is 39.8. The van der Waals surface area contributed by atoms with E-state index in [-0.39, 0.29) is 5.69 Å². The molecular formula is C14H8F3N3O5. The predicted molar refractivity (Wildman–Crippen MR) is 79.1 cm³/mol. The lowest BCUT2D eigenvalue weighted by atomic mass is 10.1. The lowest BCUT2D eigenvalue weighted by Crippen LogP contribution is -2.43. The quantitative estimate of drug-likeness (QED) is 0.472. The standard InChI is InChI=1S/C14H8F3N3O5/c15-14(16,17)18(10-5-7-12(8-6-10)20(24)25)13(21)9-1-3-11(4-2-9)19(22)23/h1-8H. The average molecular weight is 355 g/mol. The molecule has 130 valence electrons. The molecule has 25 heavy (non-hydrogen) atoms. The minimum atomic E-state index is -5.10. The van der Waals surface area contributed by atoms with Crippen LogP contribution in [0.2, 0.25) is 0 Å². The largest absolute Gasteiger partial charge is 0.491 e. The Bertz CT molecular complexity index is 819. The van der Waals surface area contributed by atoms with Gasteiger partial charge in [0.1, 0.15) is 0 Å². The Morgan fingerprint density at radius 1 is 0.840 bits per heavy atom. The van der Waals surface area contributed by atoms with Gasteiger partial charge in [0.05, 0.1) is 15.5 Å². The van der Waals surface area contributed by atoms with Crippen molar-refractivity contribution in [3.63, 3.8) is 0 Å². The topological polar surface area (TPSA) is 107 Å². The molecule has 1 amide bonds. The Morgan fingerprint density at radius 3 is 1.60 bits per heavy atom. The van der Waals surface area contributed by atoms with Crippen molar-refractivity contribution in [2.45, 2.75) is 6.30 Å². The van der Waals surface area contributed by atoms with E-state index in [1.807, 2.05) is 0 Å². The van der Waals surface area contributed by atoms with Gasteiger partial charge in [-0.2, -0.15) is 0 Å². The van der Waals surface area contributed by atoms with E-state index in [1.165, 1.54) is 0 Å². The van der Waals surface area contributed by atoms with Crippen molar-refractivity contribution in [1.29, 1.82) is 0 Å². The van der Waals surface area contributed by atoms with Gasteiger partial charge in [-0.15, -0.1) is 13.2 Å². The molecule has 8 nitrogen and oxygen atoms in total. The molecule has 2 aromatic carbocycles. The maximum atomic E-state index is 13.3. The van der Waals surface area contributed by atoms with Crippen molar-refractivity contribution >= 4 is 23.0 Å². The third kappa shape index (κ3) is 3.88. The van der Waals surface area contributed by atoms with Gasteiger partial charge in [-0.25, -0.2) is 4.90 Å². The Balaban J connectivity index is 2.41. The molecule has 0 aliphatic carbocycles. The first kappa shape index (κ1) is 17.8. The van der Waals surface area contributed by atoms with Crippen LogP contribution in [0.25, 0.3) is 0 Å². The maximum absolute atomic E-state index is 13.3. The van der Waals surface area contributed by atoms with Crippen LogP contribution in [0.15, 0.2) is 48.5 Å². The van der Waals surface area contributed by atoms with Crippen molar-refractivity contribution < 1.29 is 27.8 Å². The first-order valence-electron chi connectivity index (χ1n) is 6.51. The van der Waals surface area contributed by atoms with Crippen molar-refractivity contribution in [1.82, 2.24) is 0 Å². The fraction of sp³-hybridized carbons (Fsp3) is 0.0714. The molecule has 0 atom stereocenters. The summed E-state index contributed by atoms with van der Waals surface area (Å²) in [5.41, 5.74) is -1.87. The van der Waals surface area contributed by atoms with E-state index >= 15 is 0 Å². The summed E-state index contributed by atoms with van der Waals surface area (Å²) in [6.45, 7) is 0. The average Bonchev–Trinajstić information content (AvgIpc) is 2.54. The third-order valence-corrected chi connectivity index (χ3v) is 3.10. The van der Waals surface area contributed by atoms with Crippen molar-refractivity contribution in [3.8, 4) is 0 Å². The molecule has 0 unspecified atom stereocenters. The summed E-state index contributed by atoms with van der Waals surface area (Å²) in [6, 6.07) is 6.82. The fourth-order valence-electron chi connectivity index (χ4n) is 1.96. The molecule has 0 aliphatic rings. The van der Waals surface area contributed by atoms with Gasteiger partial charge in [-0.05, 0) is 24.3 Å². The van der Waals surface area contributed by atoms with Crippen LogP contribution in [0.3, 0.4) is 0 Å². The highest BCUT2D eigenvalue weighted by Gasteiger charge is 2.42. The van der Waals surface area contributed by atoms with Gasteiger partial charge in [0, 0.05) is 29.8 Å². The minimum absolute atomic E-state index is 0.384. The molecule has 0 bridgehead atoms. The van der Waals surface area contributed by atoms with Crippen LogP contribution < -0.4 is 4.90 Å². The Labute approximate surface area is 137 Å². The SMILES string of the molecule is O=C(c1ccc([N+](=O)[O-])cc1)N(c1ccc([N+](=O)[O-])cc1)C(F)(F)F. The lowest BCUT2D eigenvalue weighted by Gasteiger charge is -2.25. The number of rotatable bonds is 4. The molecule has 11 heteroatoms. The highest BCUT2D eigenvalue weighted by molar-refractivity contribution is 6.06. The molecule has 0 radical (unpaired) electrons. The first-order chi connectivity index (χ1) is 11.6. The van der Waals surface area contributed by atoms with Crippen LogP contribution in [-0.2, 0) is 0 Å². The summed E-state index contributed by atoms with van der Waals surface area (Å²) in [7, 11) is 0. The highest BCUT2D eigenvalue weighted by atomic mass is 19.4. The summed E-state index contributed by atoms with van der Waals surface area (Å²) in [4.78, 5) is 31.3. The van der Waals surface area contributed by atoms with Crippen LogP contribution >= 0.6 is 0 Å². The normalized spacial score (nSPS) is 11.0. The van der Waals surface area contributed by atoms with E-state index in [4.69, 9.17) is 0 Å². The van der Waals surface area contributed by atoms with Crippen molar-refractivity contribution in [2.24, 2.45) is 0 Å². The molecule has 0 spiro atoms. The van der Waals surface area contributed by atoms with Crippen molar-refractivity contribution in [3.05, 3.63) is 74.3 Å². The van der Waals surface area contributed by atoms with Gasteiger partial charge >= 0.3 is 6.30 Å². The van der Waals surface area contributed by atoms with Crippen LogP contribution in [-0.4, -0.2) is 22.1 Å². The number of carbonyl (C=O) groups excluding carboxylic acids is 1. The summed E-state index contributed by atoms with van der Waals surface area (Å²) in [5, 5.41) is 21.1. The predicted octanol–water partition coefficient (Wildman–Crippen LogP) is 3.67. The lowest BCUT2D eigenvalue weighted by molar-refractivity contribution is -0.385. The minimum Gasteiger partial charge on any atom is -0.268 e. The molecule has 2 rings (SSSR count). The number of hydrogen-bond acceptors (Lipinski definition) is 5. The van der Waals surface area contributed by atoms with E-state index in [1.54, 1.807) is 0 Å². The van der Waals surface area contributed by atoms with Gasteiger partial charge in [-0.3, -0.25) is 25.0 Å². The number of nitrogens with zero attached hydrogens (tertiary/aromatic N) is 3. The van der Waals surface area contributed by atoms with Gasteiger partial charge in [0.15, 0.2) is 0 Å². The zero-order valence-electron chi connectivity index (χ0n) is 12.1. The number of anilines is 1. The van der Waals surface area contributed by atoms with E-state index < -0.39 is 43.9 Å². The molecule has 0 saturated heterocycles. The molecule has 0 saturated carbocycles. The van der Waals surface area contributed by atoms with Crippen LogP contribution in [0, 0.1) is 20.2 Å². The second-order valence-electron chi connectivity index (χ2n) is 4.69. The molecule has 0 aliphatic heterocycles. The number of hydrogen-bond donors (Lipinski definition) is 0. The Morgan fingerprint density at radius 2 is 1.24 bits per heavy atom. The maximum Gasteiger partial charge on any atom is 0.491 e. The number of amides is 1. The number of nitro benzene ring substituents is 2. The second kappa shape index (κ2) is 6.55. The Kier molecular flexibility index (Phi) is 4.68. The highest BCUT2D eigenvalue weighted by Crippen LogP contribution is 2.31. The van der Waals surface area contributed by atoms with E-state index in [9.17, 15) is 38.2 Å². The van der Waals surface area contributed by atoms with Gasteiger partial charge in [-0.1, -0.05) is 0 Å². The molecule has 2 aromatic rings. The zero-order valence-corrected chi connectivity index (χ0v) is 12.1. The zero-order chi connectivity index (χ0) is 18.8. The van der Waals surface area contributed by atoms with Crippen molar-refractivity contribution in [2.75, 3.05) is 4.90 Å². The molecular weight excluding hydrogens is 347 g/mol. The van der Waals surface area contributed by atoms with Crippen LogP contribution in [0.4, 0.5) is 30.2 Å². The molecule has 0 N–H and O–H groups in total. The number of nitro groups is 2. The number of alkyl halides is 3. The van der Waals surface area contributed by atoms with E-state index in [0.29, 0.717) is 0 Å². The van der Waals surface area contributed by atoms with E-state index in [2.05, 4.69) is 0 Å². The van der Waals surface area contributed by atoms with Gasteiger partial charge < -0.3 is 0 Å². The molecule has 0 aromatic heterocycles. The van der Waals surface area contributed by atoms with Gasteiger partial charge in [0.25, 0.3) is 17.3 Å². The summed E-state index contributed by atoms with van der Waals surface area (Å²) >= 11 is 0. The van der Waals surface area contributed by atoms with Crippen LogP contribution in [0.5, 0.6) is 0 Å². The molecule has 0 fully saturated rings. The summed E-state index contributed by atoms with van der Waals surface area (Å²) in [6.07, 6.45) is -5.10. The van der Waals surface area contributed by atoms with E-state index in [0.717, 1.165) is 48.5 Å². The smallest absolute Gasteiger partial charge is 0.268 e. The summed E-state index contributed by atoms with van der Waals surface area (Å²) in [5.74, 6) is -1.48. The molecule has 0 heterocycles.